The van der Waals surface area contributed by atoms with Gasteiger partial charge >= 0.3 is 0 Å². The molecule has 0 radical (unpaired) electrons. The molecule has 0 spiro atoms. The van der Waals surface area contributed by atoms with E-state index in [0.717, 1.165) is 120 Å². The van der Waals surface area contributed by atoms with Crippen molar-refractivity contribution < 1.29 is 44.0 Å². The Bertz CT molecular complexity index is 4820. The van der Waals surface area contributed by atoms with Crippen molar-refractivity contribution in [3.05, 3.63) is 197 Å². The summed E-state index contributed by atoms with van der Waals surface area (Å²) in [6.45, 7) is 5.25. The summed E-state index contributed by atoms with van der Waals surface area (Å²) >= 11 is 0. The van der Waals surface area contributed by atoms with Gasteiger partial charge in [0.1, 0.15) is 5.82 Å². The number of aryl methyl sites for hydroxylation is 3. The third-order valence-electron chi connectivity index (χ3n) is 18.8. The van der Waals surface area contributed by atoms with Crippen LogP contribution < -0.4 is 15.1 Å². The smallest absolute Gasteiger partial charge is 0.268 e. The first kappa shape index (κ1) is 63.0. The molecule has 0 bridgehead atoms. The molecule has 22 heteroatoms. The molecule has 6 aliphatic rings. The summed E-state index contributed by atoms with van der Waals surface area (Å²) in [4.78, 5) is 46.1. The molecule has 6 aliphatic heterocycles. The molecule has 0 atom stereocenters. The summed E-state index contributed by atoms with van der Waals surface area (Å²) < 4.78 is 100. The summed E-state index contributed by atoms with van der Waals surface area (Å²) in [5.74, 6) is -0.370. The number of likely N-dealkylation sites (N-methyl/N-ethyl adjacent to an activating group) is 3. The van der Waals surface area contributed by atoms with Crippen LogP contribution >= 0.6 is 0 Å². The molecular weight excluding hydrogens is 1240 g/mol. The van der Waals surface area contributed by atoms with E-state index in [-0.39, 0.29) is 32.4 Å². The first-order valence-electron chi connectivity index (χ1n) is 31.2. The Labute approximate surface area is 541 Å². The predicted molar refractivity (Wildman–Crippen MR) is 364 cm³/mol. The molecule has 6 aromatic carbocycles. The Kier molecular flexibility index (Phi) is 16.9. The lowest BCUT2D eigenvalue weighted by atomic mass is 9.99. The number of anilines is 3. The van der Waals surface area contributed by atoms with Gasteiger partial charge in [0.25, 0.3) is 30.1 Å². The number of hydrogen-bond donors (Lipinski definition) is 1. The largest absolute Gasteiger partial charge is 0.326 e. The third kappa shape index (κ3) is 12.0. The van der Waals surface area contributed by atoms with Crippen molar-refractivity contribution in [1.29, 1.82) is 0 Å². The third-order valence-corrected chi connectivity index (χ3v) is 23.8. The van der Waals surface area contributed by atoms with Crippen LogP contribution in [-0.2, 0) is 63.7 Å². The molecule has 3 amide bonds. The number of fused-ring (bicyclic) bond motifs is 6. The van der Waals surface area contributed by atoms with Gasteiger partial charge in [-0.2, -0.15) is 0 Å². The zero-order valence-electron chi connectivity index (χ0n) is 52.5. The lowest BCUT2D eigenvalue weighted by Gasteiger charge is -2.26. The van der Waals surface area contributed by atoms with Gasteiger partial charge in [-0.25, -0.2) is 41.6 Å². The molecule has 93 heavy (non-hydrogen) atoms. The van der Waals surface area contributed by atoms with Crippen LogP contribution in [0.25, 0.3) is 49.4 Å². The number of nitrogens with zero attached hydrogens (tertiary/aromatic N) is 8. The van der Waals surface area contributed by atoms with Gasteiger partial charge in [-0.3, -0.25) is 14.4 Å². The maximum atomic E-state index is 14.1. The monoisotopic (exact) mass is 1310 g/mol. The second-order valence-corrected chi connectivity index (χ2v) is 30.2. The molecule has 0 saturated heterocycles. The average Bonchev–Trinajstić information content (AvgIpc) is 1.73. The van der Waals surface area contributed by atoms with E-state index in [9.17, 15) is 44.0 Å². The van der Waals surface area contributed by atoms with Crippen molar-refractivity contribution in [3.63, 3.8) is 0 Å². The zero-order chi connectivity index (χ0) is 65.3. The van der Waals surface area contributed by atoms with Crippen molar-refractivity contribution in [2.75, 3.05) is 89.6 Å². The fraction of sp³-hybridized carbons (Fsp3) is 0.282. The molecule has 9 aromatic rings. The van der Waals surface area contributed by atoms with E-state index in [2.05, 4.69) is 52.3 Å². The number of para-hydroxylation sites is 2. The van der Waals surface area contributed by atoms with Gasteiger partial charge in [0.2, 0.25) is 17.7 Å². The highest BCUT2D eigenvalue weighted by Gasteiger charge is 2.31. The Morgan fingerprint density at radius 3 is 1.22 bits per heavy atom. The lowest BCUT2D eigenvalue weighted by Crippen LogP contribution is -2.31. The average molecular weight is 1310 g/mol. The summed E-state index contributed by atoms with van der Waals surface area (Å²) in [6, 6.07) is 34.4. The van der Waals surface area contributed by atoms with E-state index in [1.807, 2.05) is 55.6 Å². The Hall–Kier alpha value is -8.77. The van der Waals surface area contributed by atoms with Crippen molar-refractivity contribution in [1.82, 2.24) is 26.6 Å². The number of rotatable bonds is 9. The Morgan fingerprint density at radius 1 is 0.398 bits per heavy atom. The first-order valence-corrected chi connectivity index (χ1v) is 35.5. The highest BCUT2D eigenvalue weighted by Crippen LogP contribution is 2.39. The molecule has 480 valence electrons. The molecule has 9 heterocycles. The van der Waals surface area contributed by atoms with E-state index in [1.54, 1.807) is 91.0 Å². The highest BCUT2D eigenvalue weighted by molar-refractivity contribution is 7.90. The number of carbonyl (C=O) groups is 3. The standard InChI is InChI=1S/2C24H25N3O3S.C23H22FN3O3S/c2*1-25-13-11-17(12-14-25)21-16-27(23-6-4-3-5-20(21)23)31(29,30)19-8-9-22-18(15-19)7-10-24(28)26(22)2;1-26-10-8-15(9-11-26)20-14-27(22-6-3-17(24)13-19(20)22)31(29,30)18-4-5-21-16(12-18)2-7-23(28)25-21/h2*3-6,8-9,11,15-16H,7,10,12-14H2,1-2H3;3-6,8,12-14H,2,7,9-11H2,1H3,(H,25,28). The summed E-state index contributed by atoms with van der Waals surface area (Å²) in [5, 5.41) is 5.26. The molecule has 18 nitrogen and oxygen atoms in total. The molecule has 0 fully saturated rings. The van der Waals surface area contributed by atoms with Gasteiger partial charge in [0.05, 0.1) is 31.2 Å². The number of halogens is 1. The Balaban J connectivity index is 0.000000127. The molecule has 15 rings (SSSR count). The normalized spacial score (nSPS) is 17.6. The van der Waals surface area contributed by atoms with Crippen molar-refractivity contribution in [2.45, 2.75) is 72.5 Å². The molecular formula is C71H72FN9O9S3. The van der Waals surface area contributed by atoms with Crippen LogP contribution in [0.5, 0.6) is 0 Å². The minimum absolute atomic E-state index is 0.0514. The van der Waals surface area contributed by atoms with Crippen LogP contribution in [0.15, 0.2) is 173 Å². The molecule has 0 aliphatic carbocycles. The second-order valence-electron chi connectivity index (χ2n) is 24.8. The van der Waals surface area contributed by atoms with E-state index < -0.39 is 35.9 Å². The van der Waals surface area contributed by atoms with Gasteiger partial charge in [-0.1, -0.05) is 54.6 Å². The van der Waals surface area contributed by atoms with Crippen LogP contribution in [-0.4, -0.2) is 144 Å². The fourth-order valence-corrected chi connectivity index (χ4v) is 17.6. The minimum atomic E-state index is -3.91. The topological polar surface area (TPSA) is 197 Å². The van der Waals surface area contributed by atoms with Crippen molar-refractivity contribution >= 4 is 114 Å². The number of aromatic nitrogens is 3. The zero-order valence-corrected chi connectivity index (χ0v) is 54.9. The number of nitrogens with one attached hydrogen (secondary N) is 1. The lowest BCUT2D eigenvalue weighted by molar-refractivity contribution is -0.119. The predicted octanol–water partition coefficient (Wildman–Crippen LogP) is 10.6. The molecule has 3 aromatic heterocycles. The first-order chi connectivity index (χ1) is 44.5. The number of hydrogen-bond acceptors (Lipinski definition) is 12. The summed E-state index contributed by atoms with van der Waals surface area (Å²) in [7, 11) is -1.82. The minimum Gasteiger partial charge on any atom is -0.326 e. The van der Waals surface area contributed by atoms with Gasteiger partial charge in [0, 0.05) is 141 Å². The highest BCUT2D eigenvalue weighted by atomic mass is 32.2. The second kappa shape index (κ2) is 24.9. The molecule has 1 N–H and O–H groups in total. The number of carbonyl (C=O) groups excluding carboxylic acids is 3. The summed E-state index contributed by atoms with van der Waals surface area (Å²) in [6.07, 6.45) is 16.9. The fourth-order valence-electron chi connectivity index (χ4n) is 13.3. The van der Waals surface area contributed by atoms with E-state index in [0.29, 0.717) is 66.1 Å². The van der Waals surface area contributed by atoms with Crippen molar-refractivity contribution in [2.24, 2.45) is 0 Å². The number of benzene rings is 6. The molecule has 0 saturated carbocycles. The van der Waals surface area contributed by atoms with Gasteiger partial charge in [-0.05, 0) is 178 Å². The van der Waals surface area contributed by atoms with Crippen LogP contribution in [0.2, 0.25) is 0 Å². The quantitative estimate of drug-likeness (QED) is 0.144. The maximum Gasteiger partial charge on any atom is 0.268 e. The molecule has 0 unspecified atom stereocenters. The SMILES string of the molecule is CN1CC=C(c2cn(S(=O)(=O)c3ccc4c(c3)CCC(=O)N4)c3ccc(F)cc23)CC1.CN1CC=C(c2cn(S(=O)(=O)c3ccc4c(c3)CCC(=O)N4C)c3ccccc23)CC1.CN1CC=C(c2cn(S(=O)(=O)c3ccc4c(c3)CCC(=O)N4C)c3ccccc23)CC1. The Morgan fingerprint density at radius 2 is 0.785 bits per heavy atom. The van der Waals surface area contributed by atoms with Crippen LogP contribution in [0.1, 0.15) is 71.9 Å². The van der Waals surface area contributed by atoms with Gasteiger partial charge in [0.15, 0.2) is 0 Å². The van der Waals surface area contributed by atoms with Crippen LogP contribution in [0.3, 0.4) is 0 Å². The van der Waals surface area contributed by atoms with Crippen molar-refractivity contribution in [3.8, 4) is 0 Å². The van der Waals surface area contributed by atoms with Gasteiger partial charge < -0.3 is 29.8 Å². The van der Waals surface area contributed by atoms with E-state index >= 15 is 0 Å². The van der Waals surface area contributed by atoms with Gasteiger partial charge in [-0.15, -0.1) is 0 Å². The van der Waals surface area contributed by atoms with E-state index in [4.69, 9.17) is 0 Å². The maximum absolute atomic E-state index is 14.1. The number of amides is 3. The van der Waals surface area contributed by atoms with Crippen LogP contribution in [0.4, 0.5) is 21.5 Å². The summed E-state index contributed by atoms with van der Waals surface area (Å²) in [5.41, 5.74) is 12.7. The van der Waals surface area contributed by atoms with Crippen LogP contribution in [0, 0.1) is 5.82 Å². The van der Waals surface area contributed by atoms with E-state index in [1.165, 1.54) is 47.3 Å².